The summed E-state index contributed by atoms with van der Waals surface area (Å²) in [6.07, 6.45) is 11.1. The summed E-state index contributed by atoms with van der Waals surface area (Å²) in [5.74, 6) is -0.799. The van der Waals surface area contributed by atoms with Crippen molar-refractivity contribution < 1.29 is 17.9 Å². The zero-order valence-electron chi connectivity index (χ0n) is 18.0. The molecule has 0 unspecified atom stereocenters. The van der Waals surface area contributed by atoms with Crippen molar-refractivity contribution in [3.8, 4) is 0 Å². The molecule has 1 rings (SSSR count). The molecule has 0 aliphatic carbocycles. The van der Waals surface area contributed by atoms with Gasteiger partial charge in [0, 0.05) is 13.1 Å². The molecule has 0 N–H and O–H groups in total. The number of ether oxygens (including phenoxy) is 1. The van der Waals surface area contributed by atoms with Crippen LogP contribution < -0.4 is 0 Å². The summed E-state index contributed by atoms with van der Waals surface area (Å²) >= 11 is 0. The minimum atomic E-state index is -3.95. The second-order valence-electron chi connectivity index (χ2n) is 6.81. The Kier molecular flexibility index (Phi) is 12.0. The normalized spacial score (nSPS) is 12.3. The molecule has 0 atom stereocenters. The van der Waals surface area contributed by atoms with Crippen molar-refractivity contribution in [2.45, 2.75) is 64.2 Å². The van der Waals surface area contributed by atoms with E-state index in [1.165, 1.54) is 37.5 Å². The van der Waals surface area contributed by atoms with Crippen molar-refractivity contribution in [2.24, 2.45) is 0 Å². The number of hydrogen-bond donors (Lipinski definition) is 0. The van der Waals surface area contributed by atoms with Gasteiger partial charge in [0.2, 0.25) is 9.84 Å². The van der Waals surface area contributed by atoms with E-state index in [1.807, 2.05) is 18.7 Å². The van der Waals surface area contributed by atoms with Crippen LogP contribution in [-0.2, 0) is 19.4 Å². The summed E-state index contributed by atoms with van der Waals surface area (Å²) in [5, 5.41) is 0. The summed E-state index contributed by atoms with van der Waals surface area (Å²) in [6, 6.07) is 7.98. The highest BCUT2D eigenvalue weighted by Crippen LogP contribution is 2.20. The second kappa shape index (κ2) is 14.0. The third-order valence-electron chi connectivity index (χ3n) is 4.63. The standard InChI is InChI=1S/C23H35NO4S/c1-4-7-8-9-10-14-20-28-23(25)22(18-15-19-24(5-2)6-3)29(26,27)21-16-12-11-13-17-21/h11-13,15-19H,4-10,14,20H2,1-3H3/b19-15+,22-18-. The van der Waals surface area contributed by atoms with Gasteiger partial charge in [0.25, 0.3) is 0 Å². The average molecular weight is 422 g/mol. The average Bonchev–Trinajstić information content (AvgIpc) is 2.73. The highest BCUT2D eigenvalue weighted by molar-refractivity contribution is 7.96. The first kappa shape index (κ1) is 25.0. The molecular formula is C23H35NO4S. The Bertz CT molecular complexity index is 750. The molecule has 5 nitrogen and oxygen atoms in total. The van der Waals surface area contributed by atoms with E-state index in [1.54, 1.807) is 30.5 Å². The number of nitrogens with zero attached hydrogens (tertiary/aromatic N) is 1. The number of sulfone groups is 1. The lowest BCUT2D eigenvalue weighted by molar-refractivity contribution is -0.138. The monoisotopic (exact) mass is 421 g/mol. The topological polar surface area (TPSA) is 63.7 Å². The Hall–Kier alpha value is -2.08. The second-order valence-corrected chi connectivity index (χ2v) is 8.73. The van der Waals surface area contributed by atoms with Gasteiger partial charge >= 0.3 is 5.97 Å². The Morgan fingerprint density at radius 1 is 0.966 bits per heavy atom. The summed E-state index contributed by atoms with van der Waals surface area (Å²) in [6.45, 7) is 8.00. The number of esters is 1. The zero-order valence-corrected chi connectivity index (χ0v) is 18.8. The molecule has 0 bridgehead atoms. The smallest absolute Gasteiger partial charge is 0.350 e. The van der Waals surface area contributed by atoms with Crippen molar-refractivity contribution in [3.05, 3.63) is 53.6 Å². The lowest BCUT2D eigenvalue weighted by atomic mass is 10.1. The minimum absolute atomic E-state index is 0.0824. The van der Waals surface area contributed by atoms with Crippen LogP contribution in [0.25, 0.3) is 0 Å². The van der Waals surface area contributed by atoms with Crippen LogP contribution in [0.2, 0.25) is 0 Å². The molecule has 0 heterocycles. The van der Waals surface area contributed by atoms with E-state index in [0.29, 0.717) is 0 Å². The fourth-order valence-electron chi connectivity index (χ4n) is 2.80. The van der Waals surface area contributed by atoms with E-state index in [2.05, 4.69) is 6.92 Å². The first-order valence-electron chi connectivity index (χ1n) is 10.6. The molecule has 6 heteroatoms. The van der Waals surface area contributed by atoms with Crippen LogP contribution in [0.1, 0.15) is 59.3 Å². The maximum Gasteiger partial charge on any atom is 0.350 e. The van der Waals surface area contributed by atoms with Gasteiger partial charge in [-0.05, 0) is 50.8 Å². The Morgan fingerprint density at radius 3 is 2.21 bits per heavy atom. The molecule has 0 aliphatic rings. The number of carbonyl (C=O) groups is 1. The molecule has 0 amide bonds. The molecule has 1 aromatic carbocycles. The van der Waals surface area contributed by atoms with Crippen molar-refractivity contribution >= 4 is 15.8 Å². The van der Waals surface area contributed by atoms with E-state index in [-0.39, 0.29) is 16.4 Å². The minimum Gasteiger partial charge on any atom is -0.462 e. The van der Waals surface area contributed by atoms with E-state index in [0.717, 1.165) is 32.4 Å². The van der Waals surface area contributed by atoms with Crippen LogP contribution in [0.15, 0.2) is 58.5 Å². The van der Waals surface area contributed by atoms with Gasteiger partial charge < -0.3 is 9.64 Å². The lowest BCUT2D eigenvalue weighted by Gasteiger charge is -2.14. The maximum atomic E-state index is 13.0. The summed E-state index contributed by atoms with van der Waals surface area (Å²) in [5.41, 5.74) is 0. The first-order valence-corrected chi connectivity index (χ1v) is 12.0. The summed E-state index contributed by atoms with van der Waals surface area (Å²) in [7, 11) is -3.95. The molecule has 0 fully saturated rings. The van der Waals surface area contributed by atoms with Gasteiger partial charge in [-0.15, -0.1) is 0 Å². The summed E-state index contributed by atoms with van der Waals surface area (Å²) in [4.78, 5) is 14.3. The molecule has 0 saturated heterocycles. The Balaban J connectivity index is 2.89. The van der Waals surface area contributed by atoms with Crippen molar-refractivity contribution in [3.63, 3.8) is 0 Å². The Morgan fingerprint density at radius 2 is 1.59 bits per heavy atom. The van der Waals surface area contributed by atoms with Gasteiger partial charge in [-0.3, -0.25) is 0 Å². The predicted octanol–water partition coefficient (Wildman–Crippen LogP) is 5.10. The van der Waals surface area contributed by atoms with E-state index in [4.69, 9.17) is 4.74 Å². The quantitative estimate of drug-likeness (QED) is 0.181. The molecule has 0 radical (unpaired) electrons. The van der Waals surface area contributed by atoms with E-state index >= 15 is 0 Å². The van der Waals surface area contributed by atoms with Crippen molar-refractivity contribution in [1.82, 2.24) is 4.90 Å². The van der Waals surface area contributed by atoms with Gasteiger partial charge in [-0.1, -0.05) is 57.2 Å². The van der Waals surface area contributed by atoms with Crippen LogP contribution >= 0.6 is 0 Å². The summed E-state index contributed by atoms with van der Waals surface area (Å²) < 4.78 is 31.3. The van der Waals surface area contributed by atoms with Crippen molar-refractivity contribution in [1.29, 1.82) is 0 Å². The third-order valence-corrected chi connectivity index (χ3v) is 6.41. The third kappa shape index (κ3) is 8.86. The number of hydrogen-bond acceptors (Lipinski definition) is 5. The molecule has 162 valence electrons. The molecule has 29 heavy (non-hydrogen) atoms. The molecule has 0 aliphatic heterocycles. The maximum absolute atomic E-state index is 13.0. The van der Waals surface area contributed by atoms with Crippen LogP contribution in [0.3, 0.4) is 0 Å². The lowest BCUT2D eigenvalue weighted by Crippen LogP contribution is -2.18. The van der Waals surface area contributed by atoms with Gasteiger partial charge in [0.15, 0.2) is 4.91 Å². The molecule has 0 saturated carbocycles. The molecule has 1 aromatic rings. The zero-order chi connectivity index (χ0) is 21.5. The number of unbranched alkanes of at least 4 members (excludes halogenated alkanes) is 5. The van der Waals surface area contributed by atoms with Crippen molar-refractivity contribution in [2.75, 3.05) is 19.7 Å². The fraction of sp³-hybridized carbons (Fsp3) is 0.522. The molecule has 0 aromatic heterocycles. The SMILES string of the molecule is CCCCCCCCOC(=O)/C(=C/C=C/N(CC)CC)S(=O)(=O)c1ccccc1. The van der Waals surface area contributed by atoms with Gasteiger partial charge in [0.05, 0.1) is 11.5 Å². The van der Waals surface area contributed by atoms with Crippen LogP contribution in [-0.4, -0.2) is 39.0 Å². The highest BCUT2D eigenvalue weighted by Gasteiger charge is 2.27. The molecular weight excluding hydrogens is 386 g/mol. The number of rotatable bonds is 14. The number of carbonyl (C=O) groups excluding carboxylic acids is 1. The number of allylic oxidation sites excluding steroid dienone is 2. The van der Waals surface area contributed by atoms with Crippen LogP contribution in [0, 0.1) is 0 Å². The van der Waals surface area contributed by atoms with Gasteiger partial charge in [-0.25, -0.2) is 13.2 Å². The largest absolute Gasteiger partial charge is 0.462 e. The number of benzene rings is 1. The van der Waals surface area contributed by atoms with Crippen LogP contribution in [0.4, 0.5) is 0 Å². The fourth-order valence-corrected chi connectivity index (χ4v) is 4.10. The van der Waals surface area contributed by atoms with Gasteiger partial charge in [-0.2, -0.15) is 0 Å². The Labute approximate surface area is 176 Å². The highest BCUT2D eigenvalue weighted by atomic mass is 32.2. The van der Waals surface area contributed by atoms with E-state index in [9.17, 15) is 13.2 Å². The first-order chi connectivity index (χ1) is 14.0. The predicted molar refractivity (Wildman–Crippen MR) is 118 cm³/mol. The van der Waals surface area contributed by atoms with Crippen LogP contribution in [0.5, 0.6) is 0 Å². The van der Waals surface area contributed by atoms with E-state index < -0.39 is 15.8 Å². The van der Waals surface area contributed by atoms with Gasteiger partial charge in [0.1, 0.15) is 0 Å². The molecule has 0 spiro atoms.